The normalized spacial score (nSPS) is 12.2. The summed E-state index contributed by atoms with van der Waals surface area (Å²) < 4.78 is 5.20. The van der Waals surface area contributed by atoms with Crippen molar-refractivity contribution in [2.24, 2.45) is 0 Å². The van der Waals surface area contributed by atoms with E-state index in [4.69, 9.17) is 4.74 Å². The highest BCUT2D eigenvalue weighted by molar-refractivity contribution is 5.69. The average Bonchev–Trinajstić information content (AvgIpc) is 2.09. The minimum absolute atomic E-state index is 0.590. The van der Waals surface area contributed by atoms with Crippen molar-refractivity contribution in [2.75, 3.05) is 0 Å². The van der Waals surface area contributed by atoms with E-state index in [1.54, 1.807) is 6.07 Å². The van der Waals surface area contributed by atoms with Crippen molar-refractivity contribution in [2.45, 2.75) is 26.9 Å². The lowest BCUT2D eigenvalue weighted by Crippen LogP contribution is -2.37. The zero-order chi connectivity index (χ0) is 10.7. The van der Waals surface area contributed by atoms with E-state index in [1.807, 2.05) is 26.0 Å². The van der Waals surface area contributed by atoms with E-state index in [0.717, 1.165) is 11.1 Å². The van der Waals surface area contributed by atoms with Crippen LogP contribution in [0.4, 0.5) is 0 Å². The van der Waals surface area contributed by atoms with Crippen molar-refractivity contribution in [3.05, 3.63) is 29.3 Å². The molecule has 0 saturated heterocycles. The number of aliphatic carboxylic acids is 1. The molecule has 1 rings (SSSR count). The van der Waals surface area contributed by atoms with E-state index in [1.165, 1.54) is 6.92 Å². The topological polar surface area (TPSA) is 49.4 Å². The number of aryl methyl sites for hydroxylation is 2. The smallest absolute Gasteiger partial charge is 0.135 e. The quantitative estimate of drug-likeness (QED) is 0.714. The fourth-order valence-electron chi connectivity index (χ4n) is 1.17. The molecule has 0 amide bonds. The third-order valence-electron chi connectivity index (χ3n) is 1.97. The van der Waals surface area contributed by atoms with Gasteiger partial charge in [-0.05, 0) is 32.4 Å². The summed E-state index contributed by atoms with van der Waals surface area (Å²) in [6.45, 7) is 5.30. The summed E-state index contributed by atoms with van der Waals surface area (Å²) in [5, 5.41) is 10.4. The first-order chi connectivity index (χ1) is 6.50. The summed E-state index contributed by atoms with van der Waals surface area (Å²) in [6, 6.07) is 5.59. The van der Waals surface area contributed by atoms with Gasteiger partial charge in [0.2, 0.25) is 0 Å². The fourth-order valence-corrected chi connectivity index (χ4v) is 1.17. The molecule has 0 fully saturated rings. The summed E-state index contributed by atoms with van der Waals surface area (Å²) in [7, 11) is 0. The first-order valence-corrected chi connectivity index (χ1v) is 4.45. The second-order valence-corrected chi connectivity index (χ2v) is 3.35. The Bertz CT molecular complexity index is 344. The van der Waals surface area contributed by atoms with E-state index >= 15 is 0 Å². The van der Waals surface area contributed by atoms with Gasteiger partial charge < -0.3 is 14.6 Å². The van der Waals surface area contributed by atoms with Crippen LogP contribution in [0.2, 0.25) is 0 Å². The van der Waals surface area contributed by atoms with Gasteiger partial charge in [-0.15, -0.1) is 0 Å². The lowest BCUT2D eigenvalue weighted by atomic mass is 10.1. The maximum Gasteiger partial charge on any atom is 0.135 e. The van der Waals surface area contributed by atoms with Gasteiger partial charge in [0.05, 0.1) is 5.97 Å². The molecule has 1 aromatic rings. The van der Waals surface area contributed by atoms with E-state index in [9.17, 15) is 9.90 Å². The number of benzene rings is 1. The monoisotopic (exact) mass is 193 g/mol. The van der Waals surface area contributed by atoms with Crippen LogP contribution in [0.25, 0.3) is 0 Å². The number of rotatable bonds is 3. The number of carboxylic acids is 1. The van der Waals surface area contributed by atoms with Gasteiger partial charge in [-0.1, -0.05) is 17.7 Å². The first-order valence-electron chi connectivity index (χ1n) is 4.45. The summed E-state index contributed by atoms with van der Waals surface area (Å²) in [6.07, 6.45) is -0.920. The van der Waals surface area contributed by atoms with Crippen LogP contribution in [0.3, 0.4) is 0 Å². The van der Waals surface area contributed by atoms with Crippen molar-refractivity contribution in [3.63, 3.8) is 0 Å². The minimum atomic E-state index is -1.20. The molecule has 3 nitrogen and oxygen atoms in total. The second kappa shape index (κ2) is 4.13. The van der Waals surface area contributed by atoms with Crippen molar-refractivity contribution in [3.8, 4) is 5.75 Å². The van der Waals surface area contributed by atoms with Crippen LogP contribution in [0.5, 0.6) is 5.75 Å². The predicted molar refractivity (Wildman–Crippen MR) is 51.0 cm³/mol. The SMILES string of the molecule is Cc1ccc(O[C@H](C)C(=O)[O-])c(C)c1. The summed E-state index contributed by atoms with van der Waals surface area (Å²) in [5.41, 5.74) is 2.05. The summed E-state index contributed by atoms with van der Waals surface area (Å²) in [4.78, 5) is 10.4. The molecule has 3 heteroatoms. The van der Waals surface area contributed by atoms with E-state index in [0.29, 0.717) is 5.75 Å². The largest absolute Gasteiger partial charge is 0.546 e. The maximum atomic E-state index is 10.4. The summed E-state index contributed by atoms with van der Waals surface area (Å²) in [5.74, 6) is -0.614. The Morgan fingerprint density at radius 1 is 1.43 bits per heavy atom. The van der Waals surface area contributed by atoms with Crippen molar-refractivity contribution in [1.29, 1.82) is 0 Å². The molecule has 0 aliphatic rings. The minimum Gasteiger partial charge on any atom is -0.546 e. The number of carbonyl (C=O) groups is 1. The third kappa shape index (κ3) is 2.49. The zero-order valence-electron chi connectivity index (χ0n) is 8.53. The molecule has 0 unspecified atom stereocenters. The highest BCUT2D eigenvalue weighted by Crippen LogP contribution is 2.19. The van der Waals surface area contributed by atoms with E-state index in [2.05, 4.69) is 0 Å². The van der Waals surface area contributed by atoms with Gasteiger partial charge in [0.1, 0.15) is 11.9 Å². The number of carbonyl (C=O) groups excluding carboxylic acids is 1. The lowest BCUT2D eigenvalue weighted by molar-refractivity contribution is -0.312. The lowest BCUT2D eigenvalue weighted by Gasteiger charge is -2.17. The average molecular weight is 193 g/mol. The van der Waals surface area contributed by atoms with E-state index < -0.39 is 12.1 Å². The summed E-state index contributed by atoms with van der Waals surface area (Å²) >= 11 is 0. The van der Waals surface area contributed by atoms with Gasteiger partial charge in [0.25, 0.3) is 0 Å². The highest BCUT2D eigenvalue weighted by atomic mass is 16.5. The highest BCUT2D eigenvalue weighted by Gasteiger charge is 2.06. The van der Waals surface area contributed by atoms with Crippen LogP contribution in [0.15, 0.2) is 18.2 Å². The molecule has 0 heterocycles. The van der Waals surface area contributed by atoms with Crippen molar-refractivity contribution in [1.82, 2.24) is 0 Å². The molecule has 76 valence electrons. The molecule has 1 atom stereocenters. The van der Waals surface area contributed by atoms with E-state index in [-0.39, 0.29) is 0 Å². The van der Waals surface area contributed by atoms with Gasteiger partial charge in [-0.3, -0.25) is 0 Å². The Labute approximate surface area is 83.3 Å². The van der Waals surface area contributed by atoms with Crippen LogP contribution in [0, 0.1) is 13.8 Å². The van der Waals surface area contributed by atoms with Gasteiger partial charge in [-0.25, -0.2) is 0 Å². The molecule has 0 aromatic heterocycles. The maximum absolute atomic E-state index is 10.4. The van der Waals surface area contributed by atoms with Crippen LogP contribution in [0.1, 0.15) is 18.1 Å². The Hall–Kier alpha value is -1.51. The molecule has 1 aromatic carbocycles. The fraction of sp³-hybridized carbons (Fsp3) is 0.364. The van der Waals surface area contributed by atoms with Gasteiger partial charge >= 0.3 is 0 Å². The molecule has 0 saturated carbocycles. The van der Waals surface area contributed by atoms with Crippen LogP contribution in [-0.4, -0.2) is 12.1 Å². The standard InChI is InChI=1S/C11H14O3/c1-7-4-5-10(8(2)6-7)14-9(3)11(12)13/h4-6,9H,1-3H3,(H,12,13)/p-1/t9-/m1/s1. The molecule has 14 heavy (non-hydrogen) atoms. The number of carboxylic acid groups (broad SMARTS) is 1. The second-order valence-electron chi connectivity index (χ2n) is 3.35. The molecular weight excluding hydrogens is 180 g/mol. The molecular formula is C11H13O3-. The Kier molecular flexibility index (Phi) is 3.12. The molecule has 0 bridgehead atoms. The molecule has 0 aliphatic heterocycles. The molecule has 0 N–H and O–H groups in total. The van der Waals surface area contributed by atoms with Crippen LogP contribution in [-0.2, 0) is 4.79 Å². The van der Waals surface area contributed by atoms with Gasteiger partial charge in [0.15, 0.2) is 0 Å². The number of hydrogen-bond acceptors (Lipinski definition) is 3. The molecule has 0 aliphatic carbocycles. The molecule has 0 radical (unpaired) electrons. The van der Waals surface area contributed by atoms with Crippen LogP contribution < -0.4 is 9.84 Å². The third-order valence-corrected chi connectivity index (χ3v) is 1.97. The van der Waals surface area contributed by atoms with Crippen molar-refractivity contribution < 1.29 is 14.6 Å². The Morgan fingerprint density at radius 2 is 2.07 bits per heavy atom. The first kappa shape index (κ1) is 10.6. The molecule has 0 spiro atoms. The van der Waals surface area contributed by atoms with Gasteiger partial charge in [-0.2, -0.15) is 0 Å². The van der Waals surface area contributed by atoms with Gasteiger partial charge in [0, 0.05) is 0 Å². The zero-order valence-corrected chi connectivity index (χ0v) is 8.53. The Morgan fingerprint density at radius 3 is 2.57 bits per heavy atom. The Balaban J connectivity index is 2.82. The van der Waals surface area contributed by atoms with Crippen LogP contribution >= 0.6 is 0 Å². The number of hydrogen-bond donors (Lipinski definition) is 0. The van der Waals surface area contributed by atoms with Crippen molar-refractivity contribution >= 4 is 5.97 Å². The predicted octanol–water partition coefficient (Wildman–Crippen LogP) is 0.821. The number of ether oxygens (including phenoxy) is 1.